The molecule has 0 amide bonds. The number of carbonyl (C=O) groups excluding carboxylic acids is 2. The molecule has 1 aliphatic carbocycles. The third-order valence-electron chi connectivity index (χ3n) is 9.68. The lowest BCUT2D eigenvalue weighted by Crippen LogP contribution is -2.66. The molecule has 0 saturated heterocycles. The number of ether oxygens (including phenoxy) is 2. The van der Waals surface area contributed by atoms with Gasteiger partial charge in [-0.25, -0.2) is 0 Å². The highest BCUT2D eigenvalue weighted by Crippen LogP contribution is 2.57. The van der Waals surface area contributed by atoms with Crippen molar-refractivity contribution in [3.8, 4) is 11.5 Å². The Morgan fingerprint density at radius 2 is 1.44 bits per heavy atom. The van der Waals surface area contributed by atoms with Crippen LogP contribution in [0.2, 0.25) is 0 Å². The Bertz CT molecular complexity index is 2050. The summed E-state index contributed by atoms with van der Waals surface area (Å²) in [6.45, 7) is 14.4. The molecule has 1 spiro atoms. The summed E-state index contributed by atoms with van der Waals surface area (Å²) in [5.74, 6) is 0.129. The van der Waals surface area contributed by atoms with Crippen LogP contribution in [-0.2, 0) is 26.8 Å². The number of ketones is 2. The summed E-state index contributed by atoms with van der Waals surface area (Å²) in [6, 6.07) is 20.5. The molecule has 5 nitrogen and oxygen atoms in total. The minimum absolute atomic E-state index is 0.0284. The molecular formula is C39H37ClO5. The zero-order chi connectivity index (χ0) is 32.3. The fourth-order valence-electron chi connectivity index (χ4n) is 7.12. The SMILES string of the molecule is CC(=O)C[C@@]1(O)C(=O)C(Cl)=C2Oc3ccc4cc(C(C)(C)C)ccc4c3C=C2[C@@]12Cc1c(ccc3cc(C(C)(C)C)ccc13)O2. The highest BCUT2D eigenvalue weighted by atomic mass is 35.5. The second-order valence-electron chi connectivity index (χ2n) is 14.9. The maximum atomic E-state index is 14.0. The molecule has 2 heterocycles. The van der Waals surface area contributed by atoms with Crippen molar-refractivity contribution in [2.45, 2.75) is 83.3 Å². The van der Waals surface area contributed by atoms with Crippen LogP contribution >= 0.6 is 11.6 Å². The first-order valence-electron chi connectivity index (χ1n) is 15.4. The third kappa shape index (κ3) is 4.31. The van der Waals surface area contributed by atoms with E-state index in [2.05, 4.69) is 77.9 Å². The Hall–Kier alpha value is -3.93. The average molecular weight is 621 g/mol. The lowest BCUT2D eigenvalue weighted by atomic mass is 9.65. The van der Waals surface area contributed by atoms with Crippen LogP contribution in [0.15, 0.2) is 77.0 Å². The summed E-state index contributed by atoms with van der Waals surface area (Å²) < 4.78 is 13.2. The smallest absolute Gasteiger partial charge is 0.214 e. The van der Waals surface area contributed by atoms with Crippen molar-refractivity contribution in [1.29, 1.82) is 0 Å². The van der Waals surface area contributed by atoms with Gasteiger partial charge in [0.1, 0.15) is 22.3 Å². The predicted molar refractivity (Wildman–Crippen MR) is 179 cm³/mol. The molecule has 0 fully saturated rings. The van der Waals surface area contributed by atoms with E-state index in [9.17, 15) is 14.7 Å². The van der Waals surface area contributed by atoms with Crippen LogP contribution in [0.25, 0.3) is 27.6 Å². The monoisotopic (exact) mass is 620 g/mol. The Balaban J connectivity index is 1.48. The molecule has 4 aromatic rings. The fourth-order valence-corrected chi connectivity index (χ4v) is 7.42. The van der Waals surface area contributed by atoms with Crippen molar-refractivity contribution in [1.82, 2.24) is 0 Å². The minimum Gasteiger partial charge on any atom is -0.478 e. The van der Waals surface area contributed by atoms with Crippen molar-refractivity contribution < 1.29 is 24.2 Å². The van der Waals surface area contributed by atoms with Crippen LogP contribution in [0.3, 0.4) is 0 Å². The first-order chi connectivity index (χ1) is 21.0. The molecular weight excluding hydrogens is 584 g/mol. The number of benzene rings is 4. The van der Waals surface area contributed by atoms with E-state index in [-0.39, 0.29) is 33.8 Å². The normalized spacial score (nSPS) is 22.6. The van der Waals surface area contributed by atoms with Gasteiger partial charge in [-0.3, -0.25) is 9.59 Å². The van der Waals surface area contributed by atoms with Crippen molar-refractivity contribution >= 4 is 50.8 Å². The number of aliphatic hydroxyl groups is 1. The molecule has 0 saturated carbocycles. The number of hydrogen-bond donors (Lipinski definition) is 1. The predicted octanol–water partition coefficient (Wildman–Crippen LogP) is 8.48. The molecule has 45 heavy (non-hydrogen) atoms. The summed E-state index contributed by atoms with van der Waals surface area (Å²) in [7, 11) is 0. The van der Waals surface area contributed by atoms with E-state index in [1.54, 1.807) is 0 Å². The van der Waals surface area contributed by atoms with Crippen LogP contribution in [-0.4, -0.2) is 27.9 Å². The number of hydrogen-bond acceptors (Lipinski definition) is 5. The highest BCUT2D eigenvalue weighted by molar-refractivity contribution is 6.45. The van der Waals surface area contributed by atoms with Crippen molar-refractivity contribution in [3.63, 3.8) is 0 Å². The maximum absolute atomic E-state index is 14.0. The molecule has 7 rings (SSSR count). The Morgan fingerprint density at radius 3 is 2.04 bits per heavy atom. The van der Waals surface area contributed by atoms with E-state index in [0.717, 1.165) is 32.7 Å². The van der Waals surface area contributed by atoms with Crippen LogP contribution < -0.4 is 9.47 Å². The molecule has 0 aromatic heterocycles. The van der Waals surface area contributed by atoms with Crippen molar-refractivity contribution in [2.75, 3.05) is 0 Å². The van der Waals surface area contributed by atoms with Crippen molar-refractivity contribution in [2.24, 2.45) is 0 Å². The van der Waals surface area contributed by atoms with Gasteiger partial charge in [0.25, 0.3) is 0 Å². The Kier molecular flexibility index (Phi) is 6.31. The average Bonchev–Trinajstić information content (AvgIpc) is 3.39. The molecule has 230 valence electrons. The summed E-state index contributed by atoms with van der Waals surface area (Å²) >= 11 is 6.73. The second kappa shape index (κ2) is 9.54. The van der Waals surface area contributed by atoms with E-state index >= 15 is 0 Å². The standard InChI is InChI=1S/C39H37ClO5/c1-21(41)19-38(43)35(42)33(40)34-30(18-28-26-12-10-24(36(2,3)4)16-22(26)8-14-31(28)44-34)39(38)20-29-27-13-11-25(37(5,6)7)17-23(27)9-15-32(29)45-39/h8-18,43H,19-20H2,1-7H3/t38-,39+/m1/s1. The number of fused-ring (bicyclic) bond motifs is 8. The molecule has 2 aliphatic heterocycles. The van der Waals surface area contributed by atoms with E-state index < -0.39 is 23.4 Å². The molecule has 6 heteroatoms. The summed E-state index contributed by atoms with van der Waals surface area (Å²) in [5, 5.41) is 16.2. The number of rotatable bonds is 2. The number of halogens is 1. The van der Waals surface area contributed by atoms with Gasteiger partial charge >= 0.3 is 0 Å². The molecule has 4 aromatic carbocycles. The topological polar surface area (TPSA) is 72.8 Å². The zero-order valence-corrected chi connectivity index (χ0v) is 27.5. The summed E-state index contributed by atoms with van der Waals surface area (Å²) in [4.78, 5) is 26.7. The van der Waals surface area contributed by atoms with Crippen LogP contribution in [0.4, 0.5) is 0 Å². The van der Waals surface area contributed by atoms with E-state index in [0.29, 0.717) is 17.1 Å². The summed E-state index contributed by atoms with van der Waals surface area (Å²) in [5.41, 5.74) is 0.547. The van der Waals surface area contributed by atoms with Gasteiger partial charge in [-0.1, -0.05) is 102 Å². The molecule has 2 atom stereocenters. The molecule has 0 bridgehead atoms. The second-order valence-corrected chi connectivity index (χ2v) is 15.2. The minimum atomic E-state index is -2.26. The Labute approximate surface area is 268 Å². The van der Waals surface area contributed by atoms with Gasteiger partial charge in [0.2, 0.25) is 5.78 Å². The Morgan fingerprint density at radius 1 is 0.867 bits per heavy atom. The van der Waals surface area contributed by atoms with Gasteiger partial charge in [-0.15, -0.1) is 0 Å². The molecule has 1 N–H and O–H groups in total. The van der Waals surface area contributed by atoms with Crippen LogP contribution in [0, 0.1) is 0 Å². The first-order valence-corrected chi connectivity index (χ1v) is 15.8. The first kappa shape index (κ1) is 29.8. The van der Waals surface area contributed by atoms with Gasteiger partial charge < -0.3 is 14.6 Å². The summed E-state index contributed by atoms with van der Waals surface area (Å²) in [6.07, 6.45) is 1.63. The number of Topliss-reactive ketones (excluding diaryl/α,β-unsaturated/α-hetero) is 2. The van der Waals surface area contributed by atoms with Gasteiger partial charge in [0.15, 0.2) is 17.0 Å². The van der Waals surface area contributed by atoms with E-state index in [4.69, 9.17) is 21.1 Å². The maximum Gasteiger partial charge on any atom is 0.214 e. The quantitative estimate of drug-likeness (QED) is 0.243. The number of carbonyl (C=O) groups is 2. The molecule has 0 radical (unpaired) electrons. The highest BCUT2D eigenvalue weighted by Gasteiger charge is 2.67. The van der Waals surface area contributed by atoms with Gasteiger partial charge in [0.05, 0.1) is 0 Å². The molecule has 0 unspecified atom stereocenters. The fraction of sp³-hybridized carbons (Fsp3) is 0.333. The van der Waals surface area contributed by atoms with Gasteiger partial charge in [0, 0.05) is 29.5 Å². The van der Waals surface area contributed by atoms with Crippen LogP contribution in [0.1, 0.15) is 77.1 Å². The van der Waals surface area contributed by atoms with Crippen molar-refractivity contribution in [3.05, 3.63) is 99.3 Å². The zero-order valence-electron chi connectivity index (χ0n) is 26.7. The van der Waals surface area contributed by atoms with E-state index in [1.807, 2.05) is 30.3 Å². The van der Waals surface area contributed by atoms with Crippen LogP contribution in [0.5, 0.6) is 11.5 Å². The lowest BCUT2D eigenvalue weighted by molar-refractivity contribution is -0.160. The van der Waals surface area contributed by atoms with E-state index in [1.165, 1.54) is 18.1 Å². The largest absolute Gasteiger partial charge is 0.478 e. The van der Waals surface area contributed by atoms with Gasteiger partial charge in [-0.2, -0.15) is 0 Å². The molecule has 3 aliphatic rings. The van der Waals surface area contributed by atoms with Gasteiger partial charge in [-0.05, 0) is 68.6 Å². The lowest BCUT2D eigenvalue weighted by Gasteiger charge is -2.48. The third-order valence-corrected chi connectivity index (χ3v) is 10.0.